The molecule has 0 aliphatic heterocycles. The van der Waals surface area contributed by atoms with Gasteiger partial charge in [-0.3, -0.25) is 0 Å². The number of alkyl halides is 1. The molecule has 0 bridgehead atoms. The van der Waals surface area contributed by atoms with E-state index in [9.17, 15) is 0 Å². The van der Waals surface area contributed by atoms with Crippen LogP contribution in [0.1, 0.15) is 12.8 Å². The Morgan fingerprint density at radius 1 is 1.67 bits per heavy atom. The van der Waals surface area contributed by atoms with Crippen LogP contribution >= 0.6 is 11.6 Å². The van der Waals surface area contributed by atoms with Gasteiger partial charge < -0.3 is 11.5 Å². The number of hydrogen-bond acceptors (Lipinski definition) is 2. The summed E-state index contributed by atoms with van der Waals surface area (Å²) in [6, 6.07) is -0.0127. The van der Waals surface area contributed by atoms with Gasteiger partial charge in [0.25, 0.3) is 0 Å². The molecule has 2 atom stereocenters. The summed E-state index contributed by atoms with van der Waals surface area (Å²) >= 11 is 5.80. The zero-order valence-corrected chi connectivity index (χ0v) is 5.93. The van der Waals surface area contributed by atoms with Crippen LogP contribution in [0, 0.1) is 0 Å². The van der Waals surface area contributed by atoms with Gasteiger partial charge in [-0.2, -0.15) is 0 Å². The molecule has 0 amide bonds. The first-order valence-corrected chi connectivity index (χ1v) is 3.49. The largest absolute Gasteiger partial charge is 0.401 e. The highest BCUT2D eigenvalue weighted by Crippen LogP contribution is 2.18. The van der Waals surface area contributed by atoms with Gasteiger partial charge in [-0.25, -0.2) is 0 Å². The zero-order chi connectivity index (χ0) is 6.85. The minimum absolute atomic E-state index is 0.0127. The maximum atomic E-state index is 5.80. The molecule has 0 aromatic rings. The normalized spacial score (nSPS) is 36.0. The van der Waals surface area contributed by atoms with Gasteiger partial charge in [-0.15, -0.1) is 11.6 Å². The van der Waals surface area contributed by atoms with Crippen molar-refractivity contribution >= 4 is 11.6 Å². The molecule has 1 rings (SSSR count). The van der Waals surface area contributed by atoms with Crippen LogP contribution in [0.2, 0.25) is 0 Å². The van der Waals surface area contributed by atoms with Crippen LogP contribution in [0.5, 0.6) is 0 Å². The van der Waals surface area contributed by atoms with E-state index in [2.05, 4.69) is 0 Å². The van der Waals surface area contributed by atoms with Crippen LogP contribution in [0.4, 0.5) is 0 Å². The Balaban J connectivity index is 2.56. The summed E-state index contributed by atoms with van der Waals surface area (Å²) in [6.45, 7) is 0. The Bertz CT molecular complexity index is 133. The minimum atomic E-state index is -0.0127. The lowest BCUT2D eigenvalue weighted by Gasteiger charge is -2.20. The quantitative estimate of drug-likeness (QED) is 0.491. The van der Waals surface area contributed by atoms with E-state index in [4.69, 9.17) is 23.1 Å². The highest BCUT2D eigenvalue weighted by molar-refractivity contribution is 6.20. The lowest BCUT2D eigenvalue weighted by Crippen LogP contribution is -2.33. The number of nitrogens with two attached hydrogens (primary N) is 2. The lowest BCUT2D eigenvalue weighted by molar-refractivity contribution is 0.616. The average molecular weight is 147 g/mol. The first-order valence-electron chi connectivity index (χ1n) is 3.05. The second-order valence-corrected chi connectivity index (χ2v) is 3.00. The molecule has 9 heavy (non-hydrogen) atoms. The summed E-state index contributed by atoms with van der Waals surface area (Å²) in [5.74, 6) is 0. The van der Waals surface area contributed by atoms with E-state index in [1.807, 2.05) is 6.08 Å². The summed E-state index contributed by atoms with van der Waals surface area (Å²) < 4.78 is 0. The van der Waals surface area contributed by atoms with Crippen LogP contribution in [0.25, 0.3) is 0 Å². The molecule has 0 radical (unpaired) electrons. The van der Waals surface area contributed by atoms with Gasteiger partial charge >= 0.3 is 0 Å². The summed E-state index contributed by atoms with van der Waals surface area (Å²) in [7, 11) is 0. The third-order valence-electron chi connectivity index (χ3n) is 1.55. The average Bonchev–Trinajstić information content (AvgIpc) is 1.80. The van der Waals surface area contributed by atoms with Crippen molar-refractivity contribution in [2.24, 2.45) is 11.5 Å². The van der Waals surface area contributed by atoms with E-state index in [1.165, 1.54) is 0 Å². The topological polar surface area (TPSA) is 52.0 Å². The molecule has 4 N–H and O–H groups in total. The Kier molecular flexibility index (Phi) is 1.98. The molecule has 0 saturated heterocycles. The van der Waals surface area contributed by atoms with Crippen LogP contribution in [0.3, 0.4) is 0 Å². The molecular formula is C6H11ClN2. The predicted molar refractivity (Wildman–Crippen MR) is 39.1 cm³/mol. The maximum Gasteiger partial charge on any atom is 0.0453 e. The fraction of sp³-hybridized carbons (Fsp3) is 0.667. The summed E-state index contributed by atoms with van der Waals surface area (Å²) in [5.41, 5.74) is 11.9. The third kappa shape index (κ3) is 1.60. The Labute approximate surface area is 59.9 Å². The Morgan fingerprint density at radius 3 is 2.78 bits per heavy atom. The SMILES string of the molecule is NC1=CCC(Cl)CC1N. The van der Waals surface area contributed by atoms with Crippen molar-refractivity contribution in [2.45, 2.75) is 24.3 Å². The molecule has 1 aliphatic carbocycles. The molecule has 52 valence electrons. The van der Waals surface area contributed by atoms with Gasteiger partial charge in [0.1, 0.15) is 0 Å². The number of halogens is 1. The van der Waals surface area contributed by atoms with Gasteiger partial charge in [0.05, 0.1) is 0 Å². The van der Waals surface area contributed by atoms with Crippen molar-refractivity contribution in [1.29, 1.82) is 0 Å². The predicted octanol–water partition coefficient (Wildman–Crippen LogP) is 0.558. The van der Waals surface area contributed by atoms with Crippen molar-refractivity contribution in [2.75, 3.05) is 0 Å². The van der Waals surface area contributed by atoms with E-state index in [1.54, 1.807) is 0 Å². The molecule has 0 heterocycles. The van der Waals surface area contributed by atoms with E-state index in [0.717, 1.165) is 18.5 Å². The van der Waals surface area contributed by atoms with Crippen molar-refractivity contribution < 1.29 is 0 Å². The number of hydrogen-bond donors (Lipinski definition) is 2. The number of rotatable bonds is 0. The van der Waals surface area contributed by atoms with Gasteiger partial charge in [0.15, 0.2) is 0 Å². The Hall–Kier alpha value is -0.210. The van der Waals surface area contributed by atoms with E-state index in [0.29, 0.717) is 0 Å². The standard InChI is InChI=1S/C6H11ClN2/c7-4-1-2-5(8)6(9)3-4/h2,4,6H,1,3,8-9H2. The first-order chi connectivity index (χ1) is 4.20. The van der Waals surface area contributed by atoms with Crippen molar-refractivity contribution in [3.63, 3.8) is 0 Å². The molecule has 2 unspecified atom stereocenters. The van der Waals surface area contributed by atoms with Gasteiger partial charge in [-0.05, 0) is 12.8 Å². The second-order valence-electron chi connectivity index (χ2n) is 2.38. The molecule has 0 fully saturated rings. The summed E-state index contributed by atoms with van der Waals surface area (Å²) in [6.07, 6.45) is 3.58. The molecule has 1 aliphatic rings. The monoisotopic (exact) mass is 146 g/mol. The first kappa shape index (κ1) is 6.90. The highest BCUT2D eigenvalue weighted by atomic mass is 35.5. The van der Waals surface area contributed by atoms with Gasteiger partial charge in [0.2, 0.25) is 0 Å². The van der Waals surface area contributed by atoms with E-state index < -0.39 is 0 Å². The number of allylic oxidation sites excluding steroid dienone is 1. The fourth-order valence-electron chi connectivity index (χ4n) is 0.923. The minimum Gasteiger partial charge on any atom is -0.401 e. The third-order valence-corrected chi connectivity index (χ3v) is 1.90. The molecule has 3 heteroatoms. The van der Waals surface area contributed by atoms with E-state index in [-0.39, 0.29) is 11.4 Å². The van der Waals surface area contributed by atoms with E-state index >= 15 is 0 Å². The van der Waals surface area contributed by atoms with Crippen molar-refractivity contribution in [1.82, 2.24) is 0 Å². The molecule has 0 spiro atoms. The molecule has 0 aromatic carbocycles. The summed E-state index contributed by atoms with van der Waals surface area (Å²) in [4.78, 5) is 0. The fourth-order valence-corrected chi connectivity index (χ4v) is 1.20. The van der Waals surface area contributed by atoms with Gasteiger partial charge in [-0.1, -0.05) is 6.08 Å². The van der Waals surface area contributed by atoms with Crippen molar-refractivity contribution in [3.8, 4) is 0 Å². The van der Waals surface area contributed by atoms with Crippen molar-refractivity contribution in [3.05, 3.63) is 11.8 Å². The van der Waals surface area contributed by atoms with Gasteiger partial charge in [0, 0.05) is 17.1 Å². The molecule has 2 nitrogen and oxygen atoms in total. The molecule has 0 aromatic heterocycles. The second kappa shape index (κ2) is 2.58. The summed E-state index contributed by atoms with van der Waals surface area (Å²) in [5, 5.41) is 0.187. The Morgan fingerprint density at radius 2 is 2.33 bits per heavy atom. The van der Waals surface area contributed by atoms with Crippen LogP contribution in [0.15, 0.2) is 11.8 Å². The molecular weight excluding hydrogens is 136 g/mol. The zero-order valence-electron chi connectivity index (χ0n) is 5.18. The molecule has 0 saturated carbocycles. The van der Waals surface area contributed by atoms with Crippen LogP contribution < -0.4 is 11.5 Å². The smallest absolute Gasteiger partial charge is 0.0453 e. The lowest BCUT2D eigenvalue weighted by atomic mass is 10.0. The van der Waals surface area contributed by atoms with Crippen LogP contribution in [-0.4, -0.2) is 11.4 Å². The maximum absolute atomic E-state index is 5.80. The highest BCUT2D eigenvalue weighted by Gasteiger charge is 2.16. The van der Waals surface area contributed by atoms with Crippen LogP contribution in [-0.2, 0) is 0 Å².